The number of carbonyl (C=O) groups excluding carboxylic acids is 1. The lowest BCUT2D eigenvalue weighted by atomic mass is 10.1. The molecule has 1 fully saturated rings. The average molecular weight is 332 g/mol. The van der Waals surface area contributed by atoms with Gasteiger partial charge in [0.1, 0.15) is 16.9 Å². The van der Waals surface area contributed by atoms with Gasteiger partial charge < -0.3 is 14.4 Å². The summed E-state index contributed by atoms with van der Waals surface area (Å²) in [5.41, 5.74) is 1.37. The molecule has 0 unspecified atom stereocenters. The van der Waals surface area contributed by atoms with E-state index in [1.807, 2.05) is 19.2 Å². The van der Waals surface area contributed by atoms with Crippen molar-refractivity contribution in [1.29, 1.82) is 0 Å². The first-order valence-electron chi connectivity index (χ1n) is 7.56. The number of nitrogens with zero attached hydrogens (tertiary/aromatic N) is 2. The maximum absolute atomic E-state index is 11.9. The van der Waals surface area contributed by atoms with Crippen molar-refractivity contribution >= 4 is 17.3 Å². The number of aromatic nitrogens is 1. The fraction of sp³-hybridized carbons (Fsp3) is 0.412. The molecule has 1 aromatic carbocycles. The van der Waals surface area contributed by atoms with E-state index in [4.69, 9.17) is 9.47 Å². The molecule has 5 nitrogen and oxygen atoms in total. The Morgan fingerprint density at radius 2 is 2.22 bits per heavy atom. The summed E-state index contributed by atoms with van der Waals surface area (Å²) in [6.07, 6.45) is 2.97. The summed E-state index contributed by atoms with van der Waals surface area (Å²) in [4.78, 5) is 19.7. The van der Waals surface area contributed by atoms with Gasteiger partial charge in [0.25, 0.3) is 0 Å². The van der Waals surface area contributed by atoms with Gasteiger partial charge in [-0.3, -0.25) is 0 Å². The van der Waals surface area contributed by atoms with Crippen LogP contribution in [0.15, 0.2) is 24.4 Å². The third-order valence-electron chi connectivity index (χ3n) is 3.85. The zero-order valence-electron chi connectivity index (χ0n) is 13.5. The molecule has 3 rings (SSSR count). The topological polar surface area (TPSA) is 51.7 Å². The molecule has 0 bridgehead atoms. The van der Waals surface area contributed by atoms with Crippen LogP contribution in [0.1, 0.15) is 21.7 Å². The number of methoxy groups -OCH3 is 1. The molecule has 23 heavy (non-hydrogen) atoms. The van der Waals surface area contributed by atoms with E-state index in [0.29, 0.717) is 11.3 Å². The zero-order chi connectivity index (χ0) is 16.4. The van der Waals surface area contributed by atoms with Crippen LogP contribution in [0, 0.1) is 6.92 Å². The second-order valence-corrected chi connectivity index (χ2v) is 7.04. The summed E-state index contributed by atoms with van der Waals surface area (Å²) in [5, 5.41) is 0.877. The van der Waals surface area contributed by atoms with Gasteiger partial charge in [-0.25, -0.2) is 9.78 Å². The van der Waals surface area contributed by atoms with Crippen LogP contribution in [0.3, 0.4) is 0 Å². The number of hydrogen-bond donors (Lipinski definition) is 0. The Kier molecular flexibility index (Phi) is 4.63. The van der Waals surface area contributed by atoms with E-state index in [-0.39, 0.29) is 12.1 Å². The van der Waals surface area contributed by atoms with Gasteiger partial charge >= 0.3 is 5.97 Å². The highest BCUT2D eigenvalue weighted by Crippen LogP contribution is 2.30. The average Bonchev–Trinajstić information content (AvgIpc) is 3.14. The molecule has 0 N–H and O–H groups in total. The quantitative estimate of drug-likeness (QED) is 0.806. The lowest BCUT2D eigenvalue weighted by molar-refractivity contribution is 0.0600. The lowest BCUT2D eigenvalue weighted by Crippen LogP contribution is -2.21. The number of likely N-dealkylation sites (tertiary alicyclic amines) is 1. The second kappa shape index (κ2) is 6.68. The Morgan fingerprint density at radius 1 is 1.39 bits per heavy atom. The molecular formula is C17H20N2O3S. The highest BCUT2D eigenvalue weighted by atomic mass is 32.1. The van der Waals surface area contributed by atoms with Crippen LogP contribution in [0.25, 0.3) is 10.6 Å². The molecule has 1 atom stereocenters. The predicted octanol–water partition coefficient (Wildman–Crippen LogP) is 2.99. The van der Waals surface area contributed by atoms with Crippen molar-refractivity contribution in [1.82, 2.24) is 9.88 Å². The van der Waals surface area contributed by atoms with Crippen molar-refractivity contribution in [3.63, 3.8) is 0 Å². The van der Waals surface area contributed by atoms with E-state index in [0.717, 1.165) is 35.0 Å². The summed E-state index contributed by atoms with van der Waals surface area (Å²) in [5.74, 6) is 0.324. The Labute approximate surface area is 139 Å². The van der Waals surface area contributed by atoms with E-state index in [2.05, 4.69) is 16.9 Å². The van der Waals surface area contributed by atoms with Gasteiger partial charge in [-0.05, 0) is 38.6 Å². The first-order valence-corrected chi connectivity index (χ1v) is 8.38. The molecule has 0 aliphatic carbocycles. The number of thiazole rings is 1. The highest BCUT2D eigenvalue weighted by Gasteiger charge is 2.22. The van der Waals surface area contributed by atoms with Crippen LogP contribution < -0.4 is 4.74 Å². The van der Waals surface area contributed by atoms with E-state index in [9.17, 15) is 4.79 Å². The van der Waals surface area contributed by atoms with Crippen LogP contribution in [0.4, 0.5) is 0 Å². The summed E-state index contributed by atoms with van der Waals surface area (Å²) >= 11 is 1.59. The van der Waals surface area contributed by atoms with E-state index >= 15 is 0 Å². The maximum Gasteiger partial charge on any atom is 0.338 e. The van der Waals surface area contributed by atoms with Crippen LogP contribution >= 0.6 is 11.3 Å². The van der Waals surface area contributed by atoms with Crippen LogP contribution in [-0.4, -0.2) is 49.2 Å². The van der Waals surface area contributed by atoms with Crippen LogP contribution in [-0.2, 0) is 4.74 Å². The standard InChI is InChI=1S/C17H20N2O3S/c1-11-9-18-16(23-11)12-6-13(17(20)21-3)8-15(7-12)22-14-4-5-19(2)10-14/h6-9,14H,4-5,10H2,1-3H3/t14-/m0/s1. The Balaban J connectivity index is 1.92. The summed E-state index contributed by atoms with van der Waals surface area (Å²) in [7, 11) is 3.47. The van der Waals surface area contributed by atoms with Crippen LogP contribution in [0.2, 0.25) is 0 Å². The summed E-state index contributed by atoms with van der Waals surface area (Å²) in [6, 6.07) is 5.49. The van der Waals surface area contributed by atoms with E-state index < -0.39 is 0 Å². The summed E-state index contributed by atoms with van der Waals surface area (Å²) < 4.78 is 10.9. The van der Waals surface area contributed by atoms with E-state index in [1.165, 1.54) is 7.11 Å². The molecule has 1 aliphatic heterocycles. The number of rotatable bonds is 4. The molecule has 1 aliphatic rings. The third kappa shape index (κ3) is 3.71. The van der Waals surface area contributed by atoms with Crippen molar-refractivity contribution in [2.75, 3.05) is 27.2 Å². The first-order chi connectivity index (χ1) is 11.0. The van der Waals surface area contributed by atoms with Gasteiger partial charge in [0.2, 0.25) is 0 Å². The molecule has 0 radical (unpaired) electrons. The Hall–Kier alpha value is -1.92. The fourth-order valence-corrected chi connectivity index (χ4v) is 3.45. The molecule has 122 valence electrons. The minimum atomic E-state index is -0.367. The molecule has 2 aromatic rings. The van der Waals surface area contributed by atoms with Gasteiger partial charge in [0.15, 0.2) is 0 Å². The van der Waals surface area contributed by atoms with E-state index in [1.54, 1.807) is 23.5 Å². The molecule has 0 saturated carbocycles. The smallest absolute Gasteiger partial charge is 0.338 e. The second-order valence-electron chi connectivity index (χ2n) is 5.80. The first kappa shape index (κ1) is 16.0. The lowest BCUT2D eigenvalue weighted by Gasteiger charge is -2.15. The minimum absolute atomic E-state index is 0.152. The molecule has 1 saturated heterocycles. The third-order valence-corrected chi connectivity index (χ3v) is 4.81. The molecule has 2 heterocycles. The predicted molar refractivity (Wildman–Crippen MR) is 90.2 cm³/mol. The van der Waals surface area contributed by atoms with Crippen LogP contribution in [0.5, 0.6) is 5.75 Å². The number of aryl methyl sites for hydroxylation is 1. The largest absolute Gasteiger partial charge is 0.489 e. The molecule has 6 heteroatoms. The number of hydrogen-bond acceptors (Lipinski definition) is 6. The SMILES string of the molecule is COC(=O)c1cc(O[C@H]2CCN(C)C2)cc(-c2ncc(C)s2)c1. The molecule has 0 spiro atoms. The van der Waals surface area contributed by atoms with Crippen molar-refractivity contribution in [2.45, 2.75) is 19.4 Å². The minimum Gasteiger partial charge on any atom is -0.489 e. The Morgan fingerprint density at radius 3 is 2.83 bits per heavy atom. The maximum atomic E-state index is 11.9. The number of esters is 1. The number of carbonyl (C=O) groups is 1. The number of ether oxygens (including phenoxy) is 2. The zero-order valence-corrected chi connectivity index (χ0v) is 14.4. The summed E-state index contributed by atoms with van der Waals surface area (Å²) in [6.45, 7) is 3.94. The van der Waals surface area contributed by atoms with Crippen molar-refractivity contribution < 1.29 is 14.3 Å². The number of benzene rings is 1. The van der Waals surface area contributed by atoms with Crippen molar-refractivity contribution in [3.8, 4) is 16.3 Å². The van der Waals surface area contributed by atoms with Gasteiger partial charge in [-0.2, -0.15) is 0 Å². The van der Waals surface area contributed by atoms with Gasteiger partial charge in [-0.1, -0.05) is 0 Å². The fourth-order valence-electron chi connectivity index (χ4n) is 2.70. The van der Waals surface area contributed by atoms with Crippen molar-refractivity contribution in [3.05, 3.63) is 34.8 Å². The number of likely N-dealkylation sites (N-methyl/N-ethyl adjacent to an activating group) is 1. The molecule has 0 amide bonds. The van der Waals surface area contributed by atoms with Gasteiger partial charge in [-0.15, -0.1) is 11.3 Å². The highest BCUT2D eigenvalue weighted by molar-refractivity contribution is 7.14. The monoisotopic (exact) mass is 332 g/mol. The molecule has 1 aromatic heterocycles. The molecular weight excluding hydrogens is 312 g/mol. The van der Waals surface area contributed by atoms with Gasteiger partial charge in [0, 0.05) is 29.7 Å². The van der Waals surface area contributed by atoms with Gasteiger partial charge in [0.05, 0.1) is 12.7 Å². The van der Waals surface area contributed by atoms with Crippen molar-refractivity contribution in [2.24, 2.45) is 0 Å². The normalized spacial score (nSPS) is 18.1. The Bertz CT molecular complexity index is 714.